The zero-order valence-corrected chi connectivity index (χ0v) is 16.1. The molecule has 0 fully saturated rings. The Morgan fingerprint density at radius 3 is 2.64 bits per heavy atom. The topological polar surface area (TPSA) is 67.4 Å². The summed E-state index contributed by atoms with van der Waals surface area (Å²) < 4.78 is 5.74. The molecule has 2 N–H and O–H groups in total. The van der Waals surface area contributed by atoms with Gasteiger partial charge in [0.15, 0.2) is 0 Å². The molecule has 0 atom stereocenters. The van der Waals surface area contributed by atoms with Gasteiger partial charge in [-0.15, -0.1) is 11.3 Å². The van der Waals surface area contributed by atoms with E-state index in [2.05, 4.69) is 10.6 Å². The molecular weight excluding hydrogens is 372 g/mol. The van der Waals surface area contributed by atoms with Crippen LogP contribution in [0.1, 0.15) is 27.2 Å². The highest BCUT2D eigenvalue weighted by atomic mass is 32.1. The number of nitrogens with one attached hydrogen (secondary N) is 2. The molecule has 1 aliphatic heterocycles. The monoisotopic (exact) mass is 392 g/mol. The van der Waals surface area contributed by atoms with Crippen molar-refractivity contribution in [3.05, 3.63) is 76.7 Å². The summed E-state index contributed by atoms with van der Waals surface area (Å²) >= 11 is 1.46. The second kappa shape index (κ2) is 8.27. The second-order valence-corrected chi connectivity index (χ2v) is 7.57. The molecule has 0 bridgehead atoms. The fourth-order valence-electron chi connectivity index (χ4n) is 3.07. The highest BCUT2D eigenvalue weighted by molar-refractivity contribution is 7.17. The van der Waals surface area contributed by atoms with Gasteiger partial charge < -0.3 is 15.4 Å². The minimum Gasteiger partial charge on any atom is -0.488 e. The molecule has 5 nitrogen and oxygen atoms in total. The maximum absolute atomic E-state index is 12.5. The maximum atomic E-state index is 12.5. The summed E-state index contributed by atoms with van der Waals surface area (Å²) in [5.41, 5.74) is 3.09. The first-order valence-corrected chi connectivity index (χ1v) is 9.96. The molecule has 0 saturated heterocycles. The van der Waals surface area contributed by atoms with Gasteiger partial charge in [0.2, 0.25) is 5.91 Å². The first-order chi connectivity index (χ1) is 13.7. The first kappa shape index (κ1) is 18.3. The zero-order chi connectivity index (χ0) is 19.3. The van der Waals surface area contributed by atoms with Crippen LogP contribution in [-0.2, 0) is 17.9 Å². The summed E-state index contributed by atoms with van der Waals surface area (Å²) in [4.78, 5) is 26.1. The van der Waals surface area contributed by atoms with Crippen molar-refractivity contribution in [3.63, 3.8) is 0 Å². The first-order valence-electron chi connectivity index (χ1n) is 9.14. The van der Waals surface area contributed by atoms with Crippen molar-refractivity contribution in [2.45, 2.75) is 19.6 Å². The highest BCUT2D eigenvalue weighted by Crippen LogP contribution is 2.42. The van der Waals surface area contributed by atoms with Crippen LogP contribution >= 0.6 is 11.3 Å². The largest absolute Gasteiger partial charge is 0.488 e. The Bertz CT molecular complexity index is 998. The Labute approximate surface area is 167 Å². The van der Waals surface area contributed by atoms with Crippen LogP contribution in [0.2, 0.25) is 0 Å². The van der Waals surface area contributed by atoms with Gasteiger partial charge in [0.25, 0.3) is 5.91 Å². The molecule has 0 aliphatic carbocycles. The summed E-state index contributed by atoms with van der Waals surface area (Å²) in [6, 6.07) is 19.4. The van der Waals surface area contributed by atoms with Crippen LogP contribution in [0.5, 0.6) is 5.75 Å². The molecule has 4 rings (SSSR count). The minimum atomic E-state index is -0.159. The number of carbonyl (C=O) groups excluding carboxylic acids is 2. The predicted octanol–water partition coefficient (Wildman–Crippen LogP) is 3.74. The lowest BCUT2D eigenvalue weighted by molar-refractivity contribution is -0.121. The third-order valence-electron chi connectivity index (χ3n) is 4.52. The lowest BCUT2D eigenvalue weighted by Gasteiger charge is -2.16. The maximum Gasteiger partial charge on any atom is 0.261 e. The smallest absolute Gasteiger partial charge is 0.261 e. The summed E-state index contributed by atoms with van der Waals surface area (Å²) in [6.45, 7) is 1.26. The zero-order valence-electron chi connectivity index (χ0n) is 15.2. The SMILES string of the molecule is O=C(CCNC(=O)c1cc2c(s1)-c1ccccc1OC2)NCc1ccccc1. The van der Waals surface area contributed by atoms with E-state index in [1.165, 1.54) is 11.3 Å². The van der Waals surface area contributed by atoms with Gasteiger partial charge in [-0.25, -0.2) is 0 Å². The van der Waals surface area contributed by atoms with Crippen LogP contribution in [0, 0.1) is 0 Å². The van der Waals surface area contributed by atoms with Gasteiger partial charge in [-0.3, -0.25) is 9.59 Å². The highest BCUT2D eigenvalue weighted by Gasteiger charge is 2.22. The number of para-hydroxylation sites is 1. The summed E-state index contributed by atoms with van der Waals surface area (Å²) in [5, 5.41) is 5.69. The van der Waals surface area contributed by atoms with Crippen molar-refractivity contribution >= 4 is 23.2 Å². The van der Waals surface area contributed by atoms with Gasteiger partial charge in [-0.2, -0.15) is 0 Å². The number of ether oxygens (including phenoxy) is 1. The van der Waals surface area contributed by atoms with Gasteiger partial charge in [-0.1, -0.05) is 42.5 Å². The Morgan fingerprint density at radius 1 is 1.00 bits per heavy atom. The molecule has 28 heavy (non-hydrogen) atoms. The lowest BCUT2D eigenvalue weighted by atomic mass is 10.1. The normalized spacial score (nSPS) is 11.7. The molecule has 3 aromatic rings. The van der Waals surface area contributed by atoms with Crippen molar-refractivity contribution in [1.82, 2.24) is 10.6 Å². The molecule has 2 aromatic carbocycles. The van der Waals surface area contributed by atoms with E-state index in [1.807, 2.05) is 60.7 Å². The van der Waals surface area contributed by atoms with Crippen molar-refractivity contribution in [2.75, 3.05) is 6.54 Å². The number of fused-ring (bicyclic) bond motifs is 3. The molecule has 0 unspecified atom stereocenters. The van der Waals surface area contributed by atoms with Crippen LogP contribution < -0.4 is 15.4 Å². The van der Waals surface area contributed by atoms with E-state index < -0.39 is 0 Å². The van der Waals surface area contributed by atoms with Gasteiger partial charge in [-0.05, 0) is 23.8 Å². The predicted molar refractivity (Wildman–Crippen MR) is 109 cm³/mol. The molecule has 6 heteroatoms. The third kappa shape index (κ3) is 4.07. The summed E-state index contributed by atoms with van der Waals surface area (Å²) in [7, 11) is 0. The van der Waals surface area contributed by atoms with Crippen LogP contribution in [-0.4, -0.2) is 18.4 Å². The Hall–Kier alpha value is -3.12. The van der Waals surface area contributed by atoms with Crippen LogP contribution in [0.3, 0.4) is 0 Å². The quantitative estimate of drug-likeness (QED) is 0.671. The van der Waals surface area contributed by atoms with Gasteiger partial charge in [0.1, 0.15) is 12.4 Å². The third-order valence-corrected chi connectivity index (χ3v) is 5.73. The van der Waals surface area contributed by atoms with Crippen molar-refractivity contribution in [1.29, 1.82) is 0 Å². The van der Waals surface area contributed by atoms with Crippen molar-refractivity contribution < 1.29 is 14.3 Å². The standard InChI is InChI=1S/C22H20N2O3S/c25-20(24-13-15-6-2-1-3-7-15)10-11-23-22(26)19-12-16-14-27-18-9-5-4-8-17(18)21(16)28-19/h1-9,12H,10-11,13-14H2,(H,23,26)(H,24,25). The number of hydrogen-bond acceptors (Lipinski definition) is 4. The molecular formula is C22H20N2O3S. The molecule has 0 spiro atoms. The minimum absolute atomic E-state index is 0.0862. The molecule has 1 aromatic heterocycles. The Balaban J connectivity index is 1.29. The Kier molecular flexibility index (Phi) is 5.39. The number of benzene rings is 2. The van der Waals surface area contributed by atoms with E-state index in [4.69, 9.17) is 4.74 Å². The molecule has 0 radical (unpaired) electrons. The lowest BCUT2D eigenvalue weighted by Crippen LogP contribution is -2.30. The second-order valence-electron chi connectivity index (χ2n) is 6.52. The van der Waals surface area contributed by atoms with Gasteiger partial charge >= 0.3 is 0 Å². The average Bonchev–Trinajstić information content (AvgIpc) is 3.18. The molecule has 142 valence electrons. The van der Waals surface area contributed by atoms with Crippen LogP contribution in [0.15, 0.2) is 60.7 Å². The van der Waals surface area contributed by atoms with Gasteiger partial charge in [0, 0.05) is 35.5 Å². The number of carbonyl (C=O) groups is 2. The van der Waals surface area contributed by atoms with Crippen molar-refractivity contribution in [3.8, 4) is 16.2 Å². The number of thiophene rings is 1. The number of rotatable bonds is 6. The van der Waals surface area contributed by atoms with E-state index >= 15 is 0 Å². The van der Waals surface area contributed by atoms with Crippen LogP contribution in [0.4, 0.5) is 0 Å². The Morgan fingerprint density at radius 2 is 1.79 bits per heavy atom. The number of amides is 2. The molecule has 0 saturated carbocycles. The van der Waals surface area contributed by atoms with E-state index in [-0.39, 0.29) is 18.2 Å². The number of hydrogen-bond donors (Lipinski definition) is 2. The van der Waals surface area contributed by atoms with Crippen LogP contribution in [0.25, 0.3) is 10.4 Å². The van der Waals surface area contributed by atoms with E-state index in [9.17, 15) is 9.59 Å². The fraction of sp³-hybridized carbons (Fsp3) is 0.182. The summed E-state index contributed by atoms with van der Waals surface area (Å²) in [5.74, 6) is 0.601. The van der Waals surface area contributed by atoms with Crippen molar-refractivity contribution in [2.24, 2.45) is 0 Å². The van der Waals surface area contributed by atoms with E-state index in [0.29, 0.717) is 24.6 Å². The van der Waals surface area contributed by atoms with E-state index in [0.717, 1.165) is 27.3 Å². The summed E-state index contributed by atoms with van der Waals surface area (Å²) in [6.07, 6.45) is 0.246. The van der Waals surface area contributed by atoms with Gasteiger partial charge in [0.05, 0.1) is 4.88 Å². The molecule has 2 amide bonds. The fourth-order valence-corrected chi connectivity index (χ4v) is 4.19. The molecule has 1 aliphatic rings. The van der Waals surface area contributed by atoms with E-state index in [1.54, 1.807) is 0 Å². The molecule has 2 heterocycles. The average molecular weight is 392 g/mol.